The van der Waals surface area contributed by atoms with Crippen molar-refractivity contribution in [3.05, 3.63) is 30.1 Å². The summed E-state index contributed by atoms with van der Waals surface area (Å²) in [6, 6.07) is 3.99. The van der Waals surface area contributed by atoms with Crippen LogP contribution in [-0.4, -0.2) is 53.1 Å². The summed E-state index contributed by atoms with van der Waals surface area (Å²) < 4.78 is 0. The number of nitrogens with one attached hydrogen (secondary N) is 1. The van der Waals surface area contributed by atoms with E-state index in [0.29, 0.717) is 0 Å². The highest BCUT2D eigenvalue weighted by atomic mass is 32.1. The van der Waals surface area contributed by atoms with Crippen LogP contribution in [0.5, 0.6) is 0 Å². The van der Waals surface area contributed by atoms with Crippen molar-refractivity contribution in [2.75, 3.05) is 33.2 Å². The molecule has 2 heterocycles. The molecule has 0 spiro atoms. The Labute approximate surface area is 108 Å². The van der Waals surface area contributed by atoms with Gasteiger partial charge in [-0.3, -0.25) is 4.98 Å². The minimum Gasteiger partial charge on any atom is -0.358 e. The first-order chi connectivity index (χ1) is 8.25. The standard InChI is InChI=1S/C12H18N4S/c1-15-5-7-16(8-6-15)12(17)14-10-11-3-2-4-13-9-11/h2-4,9H,5-8,10H2,1H3,(H,14,17). The van der Waals surface area contributed by atoms with E-state index < -0.39 is 0 Å². The van der Waals surface area contributed by atoms with Gasteiger partial charge in [-0.2, -0.15) is 0 Å². The predicted molar refractivity (Wildman–Crippen MR) is 72.7 cm³/mol. The van der Waals surface area contributed by atoms with Crippen LogP contribution in [0.3, 0.4) is 0 Å². The molecular formula is C12H18N4S. The summed E-state index contributed by atoms with van der Waals surface area (Å²) in [7, 11) is 2.14. The van der Waals surface area contributed by atoms with Crippen molar-refractivity contribution < 1.29 is 0 Å². The highest BCUT2D eigenvalue weighted by molar-refractivity contribution is 7.80. The SMILES string of the molecule is CN1CCN(C(=S)NCc2cccnc2)CC1. The van der Waals surface area contributed by atoms with Gasteiger partial charge >= 0.3 is 0 Å². The molecule has 1 aromatic heterocycles. The summed E-state index contributed by atoms with van der Waals surface area (Å²) in [4.78, 5) is 8.63. The Morgan fingerprint density at radius 1 is 1.41 bits per heavy atom. The van der Waals surface area contributed by atoms with Gasteiger partial charge in [0.25, 0.3) is 0 Å². The summed E-state index contributed by atoms with van der Waals surface area (Å²) >= 11 is 5.39. The third kappa shape index (κ3) is 3.64. The van der Waals surface area contributed by atoms with E-state index in [1.165, 1.54) is 0 Å². The van der Waals surface area contributed by atoms with Crippen molar-refractivity contribution in [3.8, 4) is 0 Å². The van der Waals surface area contributed by atoms with Crippen molar-refractivity contribution in [3.63, 3.8) is 0 Å². The van der Waals surface area contributed by atoms with Crippen LogP contribution < -0.4 is 5.32 Å². The van der Waals surface area contributed by atoms with Gasteiger partial charge in [0, 0.05) is 45.1 Å². The third-order valence-corrected chi connectivity index (χ3v) is 3.36. The molecule has 2 rings (SSSR count). The average Bonchev–Trinajstić information content (AvgIpc) is 2.38. The molecule has 4 nitrogen and oxygen atoms in total. The van der Waals surface area contributed by atoms with Gasteiger partial charge in [-0.1, -0.05) is 6.07 Å². The molecule has 92 valence electrons. The van der Waals surface area contributed by atoms with Gasteiger partial charge in [0.05, 0.1) is 0 Å². The maximum Gasteiger partial charge on any atom is 0.169 e. The zero-order valence-electron chi connectivity index (χ0n) is 10.1. The second kappa shape index (κ2) is 5.93. The Bertz CT molecular complexity index is 360. The largest absolute Gasteiger partial charge is 0.358 e. The first kappa shape index (κ1) is 12.3. The van der Waals surface area contributed by atoms with E-state index in [-0.39, 0.29) is 0 Å². The molecule has 0 unspecified atom stereocenters. The Morgan fingerprint density at radius 2 is 2.18 bits per heavy atom. The second-order valence-corrected chi connectivity index (χ2v) is 4.70. The molecule has 0 aliphatic carbocycles. The van der Waals surface area contributed by atoms with Gasteiger partial charge in [0.1, 0.15) is 0 Å². The number of rotatable bonds is 2. The molecule has 0 aromatic carbocycles. The molecule has 1 aliphatic heterocycles. The van der Waals surface area contributed by atoms with Crippen molar-refractivity contribution in [1.82, 2.24) is 20.1 Å². The Kier molecular flexibility index (Phi) is 4.28. The smallest absolute Gasteiger partial charge is 0.169 e. The van der Waals surface area contributed by atoms with E-state index >= 15 is 0 Å². The molecule has 17 heavy (non-hydrogen) atoms. The maximum atomic E-state index is 5.39. The molecule has 0 radical (unpaired) electrons. The molecule has 5 heteroatoms. The Hall–Kier alpha value is -1.20. The van der Waals surface area contributed by atoms with Crippen LogP contribution in [-0.2, 0) is 6.54 Å². The number of thiocarbonyl (C=S) groups is 1. The summed E-state index contributed by atoms with van der Waals surface area (Å²) in [5.74, 6) is 0. The summed E-state index contributed by atoms with van der Waals surface area (Å²) in [5.41, 5.74) is 1.16. The van der Waals surface area contributed by atoms with Crippen molar-refractivity contribution in [1.29, 1.82) is 0 Å². The fraction of sp³-hybridized carbons (Fsp3) is 0.500. The Balaban J connectivity index is 1.78. The predicted octanol–water partition coefficient (Wildman–Crippen LogP) is 0.703. The van der Waals surface area contributed by atoms with Gasteiger partial charge in [0.15, 0.2) is 5.11 Å². The molecule has 0 atom stereocenters. The molecule has 0 amide bonds. The zero-order chi connectivity index (χ0) is 12.1. The lowest BCUT2D eigenvalue weighted by molar-refractivity contribution is 0.214. The van der Waals surface area contributed by atoms with Gasteiger partial charge < -0.3 is 15.1 Å². The topological polar surface area (TPSA) is 31.4 Å². The van der Waals surface area contributed by atoms with Gasteiger partial charge in [0.2, 0.25) is 0 Å². The molecule has 1 saturated heterocycles. The monoisotopic (exact) mass is 250 g/mol. The Morgan fingerprint density at radius 3 is 2.82 bits per heavy atom. The van der Waals surface area contributed by atoms with E-state index in [9.17, 15) is 0 Å². The number of pyridine rings is 1. The van der Waals surface area contributed by atoms with Crippen LogP contribution in [0.2, 0.25) is 0 Å². The first-order valence-electron chi connectivity index (χ1n) is 5.86. The lowest BCUT2D eigenvalue weighted by Crippen LogP contribution is -2.50. The lowest BCUT2D eigenvalue weighted by atomic mass is 10.3. The normalized spacial score (nSPS) is 16.9. The van der Waals surface area contributed by atoms with Crippen LogP contribution >= 0.6 is 12.2 Å². The van der Waals surface area contributed by atoms with E-state index in [0.717, 1.165) is 43.4 Å². The van der Waals surface area contributed by atoms with Gasteiger partial charge in [-0.15, -0.1) is 0 Å². The lowest BCUT2D eigenvalue weighted by Gasteiger charge is -2.34. The molecule has 0 bridgehead atoms. The summed E-state index contributed by atoms with van der Waals surface area (Å²) in [6.07, 6.45) is 3.64. The minimum absolute atomic E-state index is 0.749. The molecular weight excluding hydrogens is 232 g/mol. The molecule has 1 aliphatic rings. The number of aromatic nitrogens is 1. The van der Waals surface area contributed by atoms with Crippen molar-refractivity contribution in [2.45, 2.75) is 6.54 Å². The number of likely N-dealkylation sites (N-methyl/N-ethyl adjacent to an activating group) is 1. The third-order valence-electron chi connectivity index (χ3n) is 2.96. The molecule has 1 fully saturated rings. The van der Waals surface area contributed by atoms with Crippen molar-refractivity contribution >= 4 is 17.3 Å². The van der Waals surface area contributed by atoms with Crippen LogP contribution in [0.1, 0.15) is 5.56 Å². The fourth-order valence-corrected chi connectivity index (χ4v) is 2.06. The van der Waals surface area contributed by atoms with E-state index in [4.69, 9.17) is 12.2 Å². The number of hydrogen-bond donors (Lipinski definition) is 1. The summed E-state index contributed by atoms with van der Waals surface area (Å²) in [6.45, 7) is 4.92. The summed E-state index contributed by atoms with van der Waals surface area (Å²) in [5, 5.41) is 4.13. The molecule has 1 aromatic rings. The molecule has 1 N–H and O–H groups in total. The van der Waals surface area contributed by atoms with Crippen molar-refractivity contribution in [2.24, 2.45) is 0 Å². The van der Waals surface area contributed by atoms with Gasteiger partial charge in [-0.25, -0.2) is 0 Å². The van der Waals surface area contributed by atoms with Crippen LogP contribution in [0.15, 0.2) is 24.5 Å². The average molecular weight is 250 g/mol. The quantitative estimate of drug-likeness (QED) is 0.781. The van der Waals surface area contributed by atoms with Crippen LogP contribution in [0, 0.1) is 0 Å². The maximum absolute atomic E-state index is 5.39. The van der Waals surface area contributed by atoms with E-state index in [1.54, 1.807) is 6.20 Å². The van der Waals surface area contributed by atoms with Crippen LogP contribution in [0.25, 0.3) is 0 Å². The minimum atomic E-state index is 0.749. The second-order valence-electron chi connectivity index (χ2n) is 4.31. The van der Waals surface area contributed by atoms with Crippen LogP contribution in [0.4, 0.5) is 0 Å². The first-order valence-corrected chi connectivity index (χ1v) is 6.27. The number of hydrogen-bond acceptors (Lipinski definition) is 3. The number of nitrogens with zero attached hydrogens (tertiary/aromatic N) is 3. The molecule has 0 saturated carbocycles. The number of piperazine rings is 1. The van der Waals surface area contributed by atoms with Gasteiger partial charge in [-0.05, 0) is 30.9 Å². The zero-order valence-corrected chi connectivity index (χ0v) is 10.9. The van der Waals surface area contributed by atoms with E-state index in [1.807, 2.05) is 18.3 Å². The highest BCUT2D eigenvalue weighted by Crippen LogP contribution is 2.01. The highest BCUT2D eigenvalue weighted by Gasteiger charge is 2.15. The fourth-order valence-electron chi connectivity index (χ4n) is 1.80. The van der Waals surface area contributed by atoms with E-state index in [2.05, 4.69) is 27.1 Å².